The second-order valence-corrected chi connectivity index (χ2v) is 6.90. The highest BCUT2D eigenvalue weighted by Gasteiger charge is 1.99. The van der Waals surface area contributed by atoms with Crippen LogP contribution in [0.15, 0.2) is 0 Å². The molecule has 21 heavy (non-hydrogen) atoms. The molecular weight excluding hydrogens is 308 g/mol. The summed E-state index contributed by atoms with van der Waals surface area (Å²) in [6.45, 7) is 6.36. The molecule has 0 saturated heterocycles. The number of nitrogens with one attached hydrogen (secondary N) is 2. The number of carbonyl (C=O) groups excluding carboxylic acids is 1. The quantitative estimate of drug-likeness (QED) is 0.243. The first-order valence-electron chi connectivity index (χ1n) is 6.96. The lowest BCUT2D eigenvalue weighted by Gasteiger charge is -2.05. The summed E-state index contributed by atoms with van der Waals surface area (Å²) in [6, 6.07) is 0. The summed E-state index contributed by atoms with van der Waals surface area (Å²) in [6.07, 6.45) is 0. The van der Waals surface area contributed by atoms with Crippen LogP contribution in [0, 0.1) is 17.8 Å². The van der Waals surface area contributed by atoms with Crippen LogP contribution in [0.4, 0.5) is 0 Å². The van der Waals surface area contributed by atoms with E-state index in [1.807, 2.05) is 20.9 Å². The fourth-order valence-corrected chi connectivity index (χ4v) is 2.73. The summed E-state index contributed by atoms with van der Waals surface area (Å²) in [4.78, 5) is 11.4. The highest BCUT2D eigenvalue weighted by atomic mass is 33.1. The lowest BCUT2D eigenvalue weighted by molar-refractivity contribution is -0.125. The Bertz CT molecular complexity index is 317. The second kappa shape index (κ2) is 16.0. The minimum Gasteiger partial charge on any atom is -0.369 e. The molecule has 0 atom stereocenters. The predicted molar refractivity (Wildman–Crippen MR) is 91.2 cm³/mol. The summed E-state index contributed by atoms with van der Waals surface area (Å²) < 4.78 is 10.6. The third kappa shape index (κ3) is 17.6. The molecule has 0 saturated carbocycles. The van der Waals surface area contributed by atoms with Crippen molar-refractivity contribution in [1.29, 1.82) is 0 Å². The molecule has 0 aliphatic heterocycles. The molecule has 0 bridgehead atoms. The van der Waals surface area contributed by atoms with Crippen LogP contribution in [0.2, 0.25) is 0 Å². The minimum absolute atomic E-state index is 0.0524. The Balaban J connectivity index is 3.24. The zero-order chi connectivity index (χ0) is 15.8. The van der Waals surface area contributed by atoms with Crippen LogP contribution in [0.25, 0.3) is 0 Å². The van der Waals surface area contributed by atoms with Crippen LogP contribution in [-0.4, -0.2) is 57.6 Å². The van der Waals surface area contributed by atoms with Crippen molar-refractivity contribution < 1.29 is 14.3 Å². The molecule has 0 aromatic carbocycles. The van der Waals surface area contributed by atoms with Gasteiger partial charge in [0.2, 0.25) is 5.91 Å². The van der Waals surface area contributed by atoms with E-state index in [9.17, 15) is 4.79 Å². The highest BCUT2D eigenvalue weighted by Crippen LogP contribution is 2.19. The molecule has 0 aromatic heterocycles. The molecule has 0 unspecified atom stereocenters. The van der Waals surface area contributed by atoms with Crippen LogP contribution in [0.1, 0.15) is 13.8 Å². The van der Waals surface area contributed by atoms with Gasteiger partial charge in [0.15, 0.2) is 0 Å². The molecule has 122 valence electrons. The Morgan fingerprint density at radius 3 is 2.71 bits per heavy atom. The largest absolute Gasteiger partial charge is 0.369 e. The van der Waals surface area contributed by atoms with Crippen molar-refractivity contribution in [2.24, 2.45) is 5.92 Å². The van der Waals surface area contributed by atoms with Crippen molar-refractivity contribution >= 4 is 27.5 Å². The maximum atomic E-state index is 11.4. The number of hydrogen-bond acceptors (Lipinski definition) is 6. The van der Waals surface area contributed by atoms with Crippen molar-refractivity contribution in [2.75, 3.05) is 51.6 Å². The van der Waals surface area contributed by atoms with Crippen LogP contribution in [-0.2, 0) is 14.3 Å². The zero-order valence-corrected chi connectivity index (χ0v) is 14.7. The van der Waals surface area contributed by atoms with Gasteiger partial charge in [-0.25, -0.2) is 0 Å². The molecule has 7 heteroatoms. The highest BCUT2D eigenvalue weighted by molar-refractivity contribution is 8.76. The van der Waals surface area contributed by atoms with Crippen LogP contribution < -0.4 is 10.6 Å². The molecule has 0 aliphatic rings. The molecule has 0 spiro atoms. The lowest BCUT2D eigenvalue weighted by Crippen LogP contribution is -2.28. The zero-order valence-electron chi connectivity index (χ0n) is 13.1. The Morgan fingerprint density at radius 1 is 1.24 bits per heavy atom. The summed E-state index contributed by atoms with van der Waals surface area (Å²) in [5, 5.41) is 5.76. The van der Waals surface area contributed by atoms with Crippen LogP contribution in [0.3, 0.4) is 0 Å². The monoisotopic (exact) mass is 334 g/mol. The van der Waals surface area contributed by atoms with E-state index in [2.05, 4.69) is 22.5 Å². The first-order chi connectivity index (χ1) is 10.2. The van der Waals surface area contributed by atoms with Gasteiger partial charge in [0.1, 0.15) is 12.5 Å². The number of carbonyl (C=O) groups is 1. The first kappa shape index (κ1) is 20.6. The van der Waals surface area contributed by atoms with Gasteiger partial charge >= 0.3 is 0 Å². The Hall–Kier alpha value is -0.390. The third-order valence-corrected chi connectivity index (χ3v) is 4.11. The van der Waals surface area contributed by atoms with Gasteiger partial charge in [-0.3, -0.25) is 4.79 Å². The second-order valence-electron chi connectivity index (χ2n) is 4.37. The van der Waals surface area contributed by atoms with Crippen molar-refractivity contribution in [3.8, 4) is 11.8 Å². The predicted octanol–water partition coefficient (Wildman–Crippen LogP) is 1.35. The molecule has 0 fully saturated rings. The summed E-state index contributed by atoms with van der Waals surface area (Å²) in [7, 11) is 5.39. The average Bonchev–Trinajstić information content (AvgIpc) is 2.45. The summed E-state index contributed by atoms with van der Waals surface area (Å²) >= 11 is 0. The topological polar surface area (TPSA) is 59.6 Å². The van der Waals surface area contributed by atoms with Crippen molar-refractivity contribution in [2.45, 2.75) is 13.8 Å². The SMILES string of the molecule is CNCCSSCOCCOCC(=O)NCC#CC(C)C. The van der Waals surface area contributed by atoms with Crippen LogP contribution in [0.5, 0.6) is 0 Å². The van der Waals surface area contributed by atoms with E-state index in [-0.39, 0.29) is 12.5 Å². The Labute approximate surface area is 136 Å². The van der Waals surface area contributed by atoms with E-state index in [4.69, 9.17) is 9.47 Å². The van der Waals surface area contributed by atoms with Crippen LogP contribution >= 0.6 is 21.6 Å². The summed E-state index contributed by atoms with van der Waals surface area (Å²) in [5.74, 6) is 7.72. The first-order valence-corrected chi connectivity index (χ1v) is 9.45. The van der Waals surface area contributed by atoms with Gasteiger partial charge in [-0.1, -0.05) is 47.3 Å². The van der Waals surface area contributed by atoms with E-state index in [0.29, 0.717) is 31.6 Å². The summed E-state index contributed by atoms with van der Waals surface area (Å²) in [5.41, 5.74) is 0. The molecule has 0 aromatic rings. The van der Waals surface area contributed by atoms with E-state index in [1.165, 1.54) is 0 Å². The van der Waals surface area contributed by atoms with E-state index >= 15 is 0 Å². The Kier molecular flexibility index (Phi) is 15.7. The minimum atomic E-state index is -0.148. The number of amides is 1. The van der Waals surface area contributed by atoms with Gasteiger partial charge in [0, 0.05) is 18.2 Å². The number of ether oxygens (including phenoxy) is 2. The van der Waals surface area contributed by atoms with Gasteiger partial charge in [-0.2, -0.15) is 0 Å². The molecule has 2 N–H and O–H groups in total. The molecule has 0 radical (unpaired) electrons. The maximum absolute atomic E-state index is 11.4. The van der Waals surface area contributed by atoms with Gasteiger partial charge < -0.3 is 20.1 Å². The fourth-order valence-electron chi connectivity index (χ4n) is 1.06. The molecule has 0 aliphatic carbocycles. The Morgan fingerprint density at radius 2 is 2.00 bits per heavy atom. The lowest BCUT2D eigenvalue weighted by atomic mass is 10.2. The molecule has 0 heterocycles. The average molecular weight is 335 g/mol. The molecular formula is C14H26N2O3S2. The molecule has 0 rings (SSSR count). The maximum Gasteiger partial charge on any atom is 0.246 e. The van der Waals surface area contributed by atoms with Gasteiger partial charge in [-0.15, -0.1) is 0 Å². The fraction of sp³-hybridized carbons (Fsp3) is 0.786. The van der Waals surface area contributed by atoms with Crippen molar-refractivity contribution in [1.82, 2.24) is 10.6 Å². The molecule has 5 nitrogen and oxygen atoms in total. The smallest absolute Gasteiger partial charge is 0.246 e. The normalized spacial score (nSPS) is 10.3. The number of rotatable bonds is 12. The van der Waals surface area contributed by atoms with Crippen molar-refractivity contribution in [3.63, 3.8) is 0 Å². The van der Waals surface area contributed by atoms with E-state index < -0.39 is 0 Å². The van der Waals surface area contributed by atoms with Crippen molar-refractivity contribution in [3.05, 3.63) is 0 Å². The van der Waals surface area contributed by atoms with Gasteiger partial charge in [0.05, 0.1) is 19.8 Å². The third-order valence-electron chi connectivity index (χ3n) is 2.02. The number of hydrogen-bond donors (Lipinski definition) is 2. The van der Waals surface area contributed by atoms with Gasteiger partial charge in [-0.05, 0) is 7.05 Å². The van der Waals surface area contributed by atoms with Gasteiger partial charge in [0.25, 0.3) is 0 Å². The van der Waals surface area contributed by atoms with E-state index in [1.54, 1.807) is 21.6 Å². The standard InChI is InChI=1S/C14H26N2O3S2/c1-13(2)5-4-6-16-14(17)11-18-8-9-19-12-21-20-10-7-15-3/h13,15H,6-12H2,1-3H3,(H,16,17). The molecule has 1 amide bonds. The van der Waals surface area contributed by atoms with E-state index in [0.717, 1.165) is 12.3 Å².